The Kier molecular flexibility index (Phi) is 6.59. The molecule has 0 aliphatic rings. The summed E-state index contributed by atoms with van der Waals surface area (Å²) in [5.41, 5.74) is 2.57. The second-order valence-electron chi connectivity index (χ2n) is 7.86. The molecule has 1 unspecified atom stereocenters. The summed E-state index contributed by atoms with van der Waals surface area (Å²) < 4.78 is 41.5. The second-order valence-corrected chi connectivity index (χ2v) is 10.0. The van der Waals surface area contributed by atoms with E-state index in [4.69, 9.17) is 4.98 Å². The van der Waals surface area contributed by atoms with E-state index in [-0.39, 0.29) is 16.8 Å². The summed E-state index contributed by atoms with van der Waals surface area (Å²) in [4.78, 5) is 4.94. The van der Waals surface area contributed by atoms with E-state index in [1.807, 2.05) is 13.0 Å². The van der Waals surface area contributed by atoms with Gasteiger partial charge in [0.25, 0.3) is 0 Å². The van der Waals surface area contributed by atoms with Crippen LogP contribution in [0, 0.1) is 11.7 Å². The predicted molar refractivity (Wildman–Crippen MR) is 117 cm³/mol. The smallest absolute Gasteiger partial charge is 0.242 e. The zero-order valence-electron chi connectivity index (χ0n) is 18.1. The summed E-state index contributed by atoms with van der Waals surface area (Å²) >= 11 is 0. The molecule has 0 bridgehead atoms. The number of fused-ring (bicyclic) bond motifs is 1. The normalized spacial score (nSPS) is 13.5. The number of hydrogen-bond acceptors (Lipinski definition) is 4. The second kappa shape index (κ2) is 8.83. The van der Waals surface area contributed by atoms with Gasteiger partial charge in [-0.15, -0.1) is 0 Å². The summed E-state index contributed by atoms with van der Waals surface area (Å²) in [5, 5.41) is 3.54. The van der Waals surface area contributed by atoms with Crippen molar-refractivity contribution >= 4 is 21.1 Å². The first-order chi connectivity index (χ1) is 14.1. The van der Waals surface area contributed by atoms with Crippen LogP contribution in [0.25, 0.3) is 11.0 Å². The van der Waals surface area contributed by atoms with Crippen LogP contribution in [-0.4, -0.2) is 36.4 Å². The maximum Gasteiger partial charge on any atom is 0.242 e. The van der Waals surface area contributed by atoms with E-state index in [1.54, 1.807) is 24.3 Å². The number of aryl methyl sites for hydroxylation is 1. The molecule has 0 aliphatic heterocycles. The summed E-state index contributed by atoms with van der Waals surface area (Å²) in [6, 6.07) is 11.6. The zero-order chi connectivity index (χ0) is 22.1. The topological polar surface area (TPSA) is 67.2 Å². The molecule has 8 heteroatoms. The molecule has 2 aromatic carbocycles. The summed E-state index contributed by atoms with van der Waals surface area (Å²) in [7, 11) is -0.488. The van der Waals surface area contributed by atoms with E-state index in [2.05, 4.69) is 23.7 Å². The first kappa shape index (κ1) is 22.4. The lowest BCUT2D eigenvalue weighted by atomic mass is 9.96. The van der Waals surface area contributed by atoms with E-state index in [9.17, 15) is 12.8 Å². The minimum atomic E-state index is -3.52. The van der Waals surface area contributed by atoms with Crippen LogP contribution in [0.5, 0.6) is 0 Å². The van der Waals surface area contributed by atoms with Gasteiger partial charge in [0.2, 0.25) is 10.0 Å². The lowest BCUT2D eigenvalue weighted by Gasteiger charge is -2.23. The van der Waals surface area contributed by atoms with Crippen molar-refractivity contribution in [3.8, 4) is 0 Å². The molecule has 0 fully saturated rings. The molecule has 1 N–H and O–H groups in total. The fourth-order valence-corrected chi connectivity index (χ4v) is 4.55. The average molecular weight is 433 g/mol. The maximum absolute atomic E-state index is 13.3. The molecule has 0 aliphatic carbocycles. The summed E-state index contributed by atoms with van der Waals surface area (Å²) in [6.45, 7) is 7.49. The molecule has 1 heterocycles. The van der Waals surface area contributed by atoms with Crippen LogP contribution in [0.1, 0.15) is 38.2 Å². The Morgan fingerprint density at radius 2 is 1.80 bits per heavy atom. The van der Waals surface area contributed by atoms with Crippen molar-refractivity contribution in [2.45, 2.75) is 44.8 Å². The molecular formula is C22H29FN4O2S. The Bertz CT molecular complexity index is 1120. The number of imidazole rings is 1. The van der Waals surface area contributed by atoms with Gasteiger partial charge in [-0.05, 0) is 48.7 Å². The van der Waals surface area contributed by atoms with Gasteiger partial charge in [0.15, 0.2) is 0 Å². The third-order valence-electron chi connectivity index (χ3n) is 5.27. The van der Waals surface area contributed by atoms with Gasteiger partial charge in [0.1, 0.15) is 11.6 Å². The van der Waals surface area contributed by atoms with Crippen molar-refractivity contribution in [2.24, 2.45) is 5.92 Å². The van der Waals surface area contributed by atoms with Crippen LogP contribution in [0.4, 0.5) is 4.39 Å². The molecule has 0 amide bonds. The number of nitrogens with zero attached hydrogens (tertiary/aromatic N) is 3. The Labute approximate surface area is 177 Å². The SMILES string of the molecule is CCn1c(CNC(c2ccc(F)cc2)C(C)C)nc2cc(S(=O)(=O)N(C)C)ccc21. The number of sulfonamides is 1. The van der Waals surface area contributed by atoms with Crippen molar-refractivity contribution in [1.82, 2.24) is 19.2 Å². The molecule has 0 saturated heterocycles. The maximum atomic E-state index is 13.3. The molecule has 30 heavy (non-hydrogen) atoms. The van der Waals surface area contributed by atoms with Crippen LogP contribution in [0.15, 0.2) is 47.4 Å². The van der Waals surface area contributed by atoms with Gasteiger partial charge in [-0.2, -0.15) is 0 Å². The number of rotatable bonds is 8. The van der Waals surface area contributed by atoms with Crippen LogP contribution in [-0.2, 0) is 23.1 Å². The third kappa shape index (κ3) is 4.40. The number of benzene rings is 2. The van der Waals surface area contributed by atoms with Crippen molar-refractivity contribution in [3.05, 3.63) is 59.7 Å². The molecule has 3 aromatic rings. The molecule has 0 saturated carbocycles. The largest absolute Gasteiger partial charge is 0.327 e. The number of halogens is 1. The fraction of sp³-hybridized carbons (Fsp3) is 0.409. The van der Waals surface area contributed by atoms with E-state index in [0.717, 1.165) is 23.4 Å². The number of aromatic nitrogens is 2. The van der Waals surface area contributed by atoms with Crippen LogP contribution < -0.4 is 5.32 Å². The highest BCUT2D eigenvalue weighted by Gasteiger charge is 2.21. The zero-order valence-corrected chi connectivity index (χ0v) is 18.9. The van der Waals surface area contributed by atoms with Gasteiger partial charge in [-0.3, -0.25) is 0 Å². The highest BCUT2D eigenvalue weighted by Crippen LogP contribution is 2.25. The fourth-order valence-electron chi connectivity index (χ4n) is 3.63. The predicted octanol–water partition coefficient (Wildman–Crippen LogP) is 3.93. The first-order valence-corrected chi connectivity index (χ1v) is 11.5. The van der Waals surface area contributed by atoms with Gasteiger partial charge in [0.05, 0.1) is 22.5 Å². The average Bonchev–Trinajstić information content (AvgIpc) is 3.05. The van der Waals surface area contributed by atoms with Crippen LogP contribution in [0.3, 0.4) is 0 Å². The molecular weight excluding hydrogens is 403 g/mol. The van der Waals surface area contributed by atoms with Crippen molar-refractivity contribution in [1.29, 1.82) is 0 Å². The van der Waals surface area contributed by atoms with Crippen molar-refractivity contribution < 1.29 is 12.8 Å². The van der Waals surface area contributed by atoms with E-state index in [1.165, 1.54) is 30.5 Å². The lowest BCUT2D eigenvalue weighted by molar-refractivity contribution is 0.402. The van der Waals surface area contributed by atoms with E-state index < -0.39 is 10.0 Å². The number of hydrogen-bond donors (Lipinski definition) is 1. The monoisotopic (exact) mass is 432 g/mol. The minimum absolute atomic E-state index is 0.0420. The minimum Gasteiger partial charge on any atom is -0.327 e. The van der Waals surface area contributed by atoms with Gasteiger partial charge in [-0.1, -0.05) is 26.0 Å². The Balaban J connectivity index is 1.92. The molecule has 1 aromatic heterocycles. The molecule has 0 spiro atoms. The third-order valence-corrected chi connectivity index (χ3v) is 7.08. The van der Waals surface area contributed by atoms with E-state index >= 15 is 0 Å². The van der Waals surface area contributed by atoms with Gasteiger partial charge >= 0.3 is 0 Å². The van der Waals surface area contributed by atoms with Crippen LogP contribution >= 0.6 is 0 Å². The molecule has 162 valence electrons. The standard InChI is InChI=1S/C22H29FN4O2S/c1-6-27-20-12-11-18(30(28,29)26(4)5)13-19(20)25-21(27)14-24-22(15(2)3)16-7-9-17(23)10-8-16/h7-13,15,22,24H,6,14H2,1-5H3. The van der Waals surface area contributed by atoms with Crippen molar-refractivity contribution in [2.75, 3.05) is 14.1 Å². The van der Waals surface area contributed by atoms with Gasteiger partial charge in [-0.25, -0.2) is 22.1 Å². The van der Waals surface area contributed by atoms with Gasteiger partial charge in [0, 0.05) is 26.7 Å². The highest BCUT2D eigenvalue weighted by molar-refractivity contribution is 7.89. The first-order valence-electron chi connectivity index (χ1n) is 10.1. The quantitative estimate of drug-likeness (QED) is 0.586. The molecule has 6 nitrogen and oxygen atoms in total. The lowest BCUT2D eigenvalue weighted by Crippen LogP contribution is -2.26. The van der Waals surface area contributed by atoms with Gasteiger partial charge < -0.3 is 9.88 Å². The van der Waals surface area contributed by atoms with Crippen molar-refractivity contribution in [3.63, 3.8) is 0 Å². The Morgan fingerprint density at radius 1 is 1.13 bits per heavy atom. The Morgan fingerprint density at radius 3 is 2.37 bits per heavy atom. The molecule has 0 radical (unpaired) electrons. The van der Waals surface area contributed by atoms with Crippen LogP contribution in [0.2, 0.25) is 0 Å². The number of nitrogens with one attached hydrogen (secondary N) is 1. The molecule has 3 rings (SSSR count). The Hall–Kier alpha value is -2.29. The molecule has 1 atom stereocenters. The summed E-state index contributed by atoms with van der Waals surface area (Å²) in [6.07, 6.45) is 0. The highest BCUT2D eigenvalue weighted by atomic mass is 32.2. The van der Waals surface area contributed by atoms with E-state index in [0.29, 0.717) is 18.0 Å². The summed E-state index contributed by atoms with van der Waals surface area (Å²) in [5.74, 6) is 0.879.